The van der Waals surface area contributed by atoms with Crippen molar-refractivity contribution in [1.82, 2.24) is 0 Å². The maximum absolute atomic E-state index is 9.53. The summed E-state index contributed by atoms with van der Waals surface area (Å²) in [6.45, 7) is 10.2. The van der Waals surface area contributed by atoms with Crippen molar-refractivity contribution in [3.05, 3.63) is 0 Å². The van der Waals surface area contributed by atoms with E-state index in [0.717, 1.165) is 6.42 Å². The predicted molar refractivity (Wildman–Crippen MR) is 52.2 cm³/mol. The van der Waals surface area contributed by atoms with Crippen LogP contribution in [0.5, 0.6) is 0 Å². The number of aliphatic hydroxyl groups is 1. The van der Waals surface area contributed by atoms with Crippen LogP contribution in [-0.2, 0) is 21.7 Å². The largest absolute Gasteiger partial charge is 2.00 e. The van der Waals surface area contributed by atoms with Crippen LogP contribution in [0.4, 0.5) is 0 Å². The van der Waals surface area contributed by atoms with Gasteiger partial charge in [0.2, 0.25) is 0 Å². The third kappa shape index (κ3) is 252. The van der Waals surface area contributed by atoms with Gasteiger partial charge in [0.05, 0.1) is 6.10 Å². The zero-order valence-electron chi connectivity index (χ0n) is 10.2. The summed E-state index contributed by atoms with van der Waals surface area (Å²) in [6, 6.07) is 0. The summed E-state index contributed by atoms with van der Waals surface area (Å²) < 4.78 is 0. The first-order valence-corrected chi connectivity index (χ1v) is 4.73. The fraction of sp³-hybridized carbons (Fsp3) is 1.00. The molecule has 0 saturated heterocycles. The molecule has 1 atom stereocenters. The Hall–Kier alpha value is 0.594. The van der Waals surface area contributed by atoms with E-state index in [9.17, 15) is 10.2 Å². The molecule has 0 aliphatic carbocycles. The van der Waals surface area contributed by atoms with Gasteiger partial charge in [0.1, 0.15) is 0 Å². The summed E-state index contributed by atoms with van der Waals surface area (Å²) in [6.07, 6.45) is -0.0880. The van der Waals surface area contributed by atoms with Crippen LogP contribution in [0.2, 0.25) is 0 Å². The van der Waals surface area contributed by atoms with Crippen molar-refractivity contribution >= 4 is 0 Å². The molecule has 1 N–H and O–H groups in total. The van der Waals surface area contributed by atoms with E-state index in [2.05, 4.69) is 0 Å². The van der Waals surface area contributed by atoms with Crippen LogP contribution < -0.4 is 10.2 Å². The van der Waals surface area contributed by atoms with Gasteiger partial charge in [-0.3, -0.25) is 0 Å². The Kier molecular flexibility index (Phi) is 33.0. The minimum absolute atomic E-state index is 0. The van der Waals surface area contributed by atoms with Crippen molar-refractivity contribution in [3.63, 3.8) is 0 Å². The second-order valence-corrected chi connectivity index (χ2v) is 3.35. The molecule has 4 heteroatoms. The third-order valence-corrected chi connectivity index (χ3v) is 0.591. The molecule has 14 heavy (non-hydrogen) atoms. The standard InChI is InChI=1S/C4H10O.2C3H7O.Ti/c1-3-4(2)5;2*1-3(2)4;/h4-5H,3H2,1-2H3;2*3H,1-2H3;/q;2*-1;+2. The molecule has 0 aliphatic rings. The van der Waals surface area contributed by atoms with Gasteiger partial charge in [-0.2, -0.15) is 0 Å². The van der Waals surface area contributed by atoms with E-state index in [4.69, 9.17) is 5.11 Å². The molecular formula is C10H24O3Ti. The van der Waals surface area contributed by atoms with Gasteiger partial charge in [-0.15, -0.1) is 12.2 Å². The molecule has 0 aromatic carbocycles. The maximum Gasteiger partial charge on any atom is 2.00 e. The van der Waals surface area contributed by atoms with E-state index >= 15 is 0 Å². The van der Waals surface area contributed by atoms with Crippen LogP contribution in [0, 0.1) is 0 Å². The van der Waals surface area contributed by atoms with Gasteiger partial charge in [-0.1, -0.05) is 34.6 Å². The first kappa shape index (κ1) is 24.0. The van der Waals surface area contributed by atoms with E-state index in [0.29, 0.717) is 0 Å². The molecular weight excluding hydrogens is 216 g/mol. The average molecular weight is 240 g/mol. The summed E-state index contributed by atoms with van der Waals surface area (Å²) in [5.74, 6) is 0. The number of hydrogen-bond donors (Lipinski definition) is 1. The molecule has 0 saturated carbocycles. The van der Waals surface area contributed by atoms with Crippen LogP contribution in [0.25, 0.3) is 0 Å². The molecule has 0 aliphatic heterocycles. The fourth-order valence-electron chi connectivity index (χ4n) is 0. The smallest absolute Gasteiger partial charge is 0.852 e. The number of rotatable bonds is 1. The molecule has 0 heterocycles. The predicted octanol–water partition coefficient (Wildman–Crippen LogP) is 0.285. The minimum Gasteiger partial charge on any atom is -0.852 e. The van der Waals surface area contributed by atoms with Crippen molar-refractivity contribution < 1.29 is 37.0 Å². The molecule has 0 bridgehead atoms. The van der Waals surface area contributed by atoms with Crippen molar-refractivity contribution in [2.45, 2.75) is 66.3 Å². The molecule has 0 fully saturated rings. The maximum atomic E-state index is 9.53. The van der Waals surface area contributed by atoms with Gasteiger partial charge in [0, 0.05) is 0 Å². The normalized spacial score (nSPS) is 10.5. The van der Waals surface area contributed by atoms with Crippen molar-refractivity contribution in [2.75, 3.05) is 0 Å². The summed E-state index contributed by atoms with van der Waals surface area (Å²) in [5.41, 5.74) is 0. The first-order valence-electron chi connectivity index (χ1n) is 4.73. The van der Waals surface area contributed by atoms with Gasteiger partial charge in [-0.25, -0.2) is 0 Å². The first-order chi connectivity index (χ1) is 5.73. The zero-order chi connectivity index (χ0) is 11.4. The zero-order valence-corrected chi connectivity index (χ0v) is 11.8. The summed E-state index contributed by atoms with van der Waals surface area (Å²) in [4.78, 5) is 0. The summed E-state index contributed by atoms with van der Waals surface area (Å²) >= 11 is 0. The van der Waals surface area contributed by atoms with E-state index in [1.165, 1.54) is 0 Å². The van der Waals surface area contributed by atoms with E-state index < -0.39 is 12.2 Å². The Balaban J connectivity index is -0.0000000522. The number of aliphatic hydroxyl groups excluding tert-OH is 1. The van der Waals surface area contributed by atoms with E-state index in [1.807, 2.05) is 6.92 Å². The third-order valence-electron chi connectivity index (χ3n) is 0.591. The van der Waals surface area contributed by atoms with Crippen LogP contribution in [0.15, 0.2) is 0 Å². The molecule has 0 amide bonds. The van der Waals surface area contributed by atoms with Gasteiger partial charge in [0.25, 0.3) is 0 Å². The van der Waals surface area contributed by atoms with Crippen LogP contribution in [0.3, 0.4) is 0 Å². The molecule has 0 rings (SSSR count). The molecule has 1 unspecified atom stereocenters. The SMILES string of the molecule is CC(C)[O-].CC(C)[O-].CCC(C)O.[Ti+2]. The van der Waals surface area contributed by atoms with Crippen molar-refractivity contribution in [3.8, 4) is 0 Å². The van der Waals surface area contributed by atoms with Crippen molar-refractivity contribution in [2.24, 2.45) is 0 Å². The Morgan fingerprint density at radius 1 is 0.929 bits per heavy atom. The molecule has 0 spiro atoms. The molecule has 3 nitrogen and oxygen atoms in total. The Morgan fingerprint density at radius 3 is 1.00 bits per heavy atom. The van der Waals surface area contributed by atoms with Gasteiger partial charge in [0.15, 0.2) is 0 Å². The fourth-order valence-corrected chi connectivity index (χ4v) is 0. The Labute approximate surface area is 103 Å². The molecule has 0 radical (unpaired) electrons. The van der Waals surface area contributed by atoms with Crippen molar-refractivity contribution in [1.29, 1.82) is 0 Å². The molecule has 0 aromatic heterocycles. The van der Waals surface area contributed by atoms with Gasteiger partial charge >= 0.3 is 21.7 Å². The monoisotopic (exact) mass is 240 g/mol. The van der Waals surface area contributed by atoms with Crippen LogP contribution >= 0.6 is 0 Å². The van der Waals surface area contributed by atoms with Gasteiger partial charge < -0.3 is 15.3 Å². The minimum atomic E-state index is -0.417. The second-order valence-electron chi connectivity index (χ2n) is 3.35. The average Bonchev–Trinajstić information content (AvgIpc) is 1.84. The number of hydrogen-bond acceptors (Lipinski definition) is 3. The van der Waals surface area contributed by atoms with Crippen LogP contribution in [0.1, 0.15) is 48.0 Å². The van der Waals surface area contributed by atoms with Gasteiger partial charge in [-0.05, 0) is 13.3 Å². The van der Waals surface area contributed by atoms with E-state index in [-0.39, 0.29) is 27.8 Å². The quantitative estimate of drug-likeness (QED) is 0.670. The molecule has 86 valence electrons. The second kappa shape index (κ2) is 19.2. The molecule has 0 aromatic rings. The Morgan fingerprint density at radius 2 is 1.00 bits per heavy atom. The topological polar surface area (TPSA) is 66.3 Å². The summed E-state index contributed by atoms with van der Waals surface area (Å²) in [5, 5.41) is 27.4. The van der Waals surface area contributed by atoms with Crippen LogP contribution in [-0.4, -0.2) is 23.4 Å². The Bertz CT molecular complexity index is 64.3. The summed E-state index contributed by atoms with van der Waals surface area (Å²) in [7, 11) is 0. The van der Waals surface area contributed by atoms with E-state index in [1.54, 1.807) is 34.6 Å².